The molecule has 2 heterocycles. The molecule has 4 aromatic rings. The molecule has 1 aromatic heterocycles. The van der Waals surface area contributed by atoms with Gasteiger partial charge in [0.15, 0.2) is 0 Å². The molecular weight excluding hydrogens is 807 g/mol. The molecular formula is C58H73NO6. The number of hydrogen-bond acceptors (Lipinski definition) is 7. The second-order valence-corrected chi connectivity index (χ2v) is 13.2. The van der Waals surface area contributed by atoms with E-state index in [1.165, 1.54) is 59.6 Å². The smallest absolute Gasteiger partial charge is 0.332 e. The highest BCUT2D eigenvalue weighted by atomic mass is 16.6. The van der Waals surface area contributed by atoms with Crippen molar-refractivity contribution in [1.29, 1.82) is 0 Å². The molecule has 7 nitrogen and oxygen atoms in total. The number of carbonyl (C=O) groups excluding carboxylic acids is 2. The van der Waals surface area contributed by atoms with Crippen LogP contribution >= 0.6 is 0 Å². The highest BCUT2D eigenvalue weighted by molar-refractivity contribution is 5.86. The fraction of sp³-hybridized carbons (Fsp3) is 0.259. The fourth-order valence-electron chi connectivity index (χ4n) is 3.95. The number of epoxide rings is 1. The van der Waals surface area contributed by atoms with Crippen LogP contribution in [-0.4, -0.2) is 57.6 Å². The van der Waals surface area contributed by atoms with Gasteiger partial charge in [0, 0.05) is 31.2 Å². The third-order valence-electron chi connectivity index (χ3n) is 7.58. The Morgan fingerprint density at radius 1 is 0.692 bits per heavy atom. The van der Waals surface area contributed by atoms with E-state index in [4.69, 9.17) is 4.74 Å². The van der Waals surface area contributed by atoms with Crippen LogP contribution in [0.5, 0.6) is 0 Å². The van der Waals surface area contributed by atoms with Gasteiger partial charge in [-0.25, -0.2) is 9.59 Å². The molecule has 0 radical (unpaired) electrons. The van der Waals surface area contributed by atoms with E-state index < -0.39 is 5.97 Å². The number of esters is 2. The van der Waals surface area contributed by atoms with Crippen LogP contribution in [0.15, 0.2) is 154 Å². The molecule has 65 heavy (non-hydrogen) atoms. The number of methoxy groups -OCH3 is 3. The zero-order valence-electron chi connectivity index (χ0n) is 40.9. The molecule has 7 heteroatoms. The molecule has 346 valence electrons. The van der Waals surface area contributed by atoms with Crippen LogP contribution in [0.4, 0.5) is 0 Å². The van der Waals surface area contributed by atoms with Gasteiger partial charge in [-0.3, -0.25) is 4.98 Å². The molecule has 1 aliphatic rings. The first kappa shape index (κ1) is 62.3. The number of ether oxygens (including phenoxy) is 4. The van der Waals surface area contributed by atoms with E-state index in [9.17, 15) is 9.59 Å². The largest absolute Gasteiger partial charge is 0.466 e. The third kappa shape index (κ3) is 42.1. The van der Waals surface area contributed by atoms with E-state index in [1.54, 1.807) is 46.4 Å². The van der Waals surface area contributed by atoms with Crippen LogP contribution in [0.1, 0.15) is 86.9 Å². The maximum atomic E-state index is 10.2. The minimum absolute atomic E-state index is 0.347. The lowest BCUT2D eigenvalue weighted by Gasteiger charge is -1.95. The highest BCUT2D eigenvalue weighted by Crippen LogP contribution is 2.11. The topological polar surface area (TPSA) is 87.3 Å². The number of pyridine rings is 1. The second kappa shape index (κ2) is 45.0. The summed E-state index contributed by atoms with van der Waals surface area (Å²) in [6.45, 7) is 30.8. The van der Waals surface area contributed by atoms with Crippen LogP contribution in [0.3, 0.4) is 0 Å². The Morgan fingerprint density at radius 3 is 1.32 bits per heavy atom. The number of allylic oxidation sites excluding steroid dienone is 2. The number of aromatic nitrogens is 1. The molecule has 0 aliphatic carbocycles. The van der Waals surface area contributed by atoms with Crippen molar-refractivity contribution in [2.75, 3.05) is 34.5 Å². The molecule has 3 aromatic carbocycles. The average molecular weight is 880 g/mol. The zero-order valence-corrected chi connectivity index (χ0v) is 40.9. The summed E-state index contributed by atoms with van der Waals surface area (Å²) in [7, 11) is 4.28. The van der Waals surface area contributed by atoms with Crippen LogP contribution in [0, 0.1) is 37.5 Å². The quantitative estimate of drug-likeness (QED) is 0.0515. The van der Waals surface area contributed by atoms with Crippen molar-refractivity contribution in [1.82, 2.24) is 4.98 Å². The normalized spacial score (nSPS) is 10.8. The molecule has 1 fully saturated rings. The first-order valence-electron chi connectivity index (χ1n) is 21.0. The van der Waals surface area contributed by atoms with Crippen LogP contribution in [0.2, 0.25) is 0 Å². The maximum Gasteiger partial charge on any atom is 0.332 e. The van der Waals surface area contributed by atoms with E-state index >= 15 is 0 Å². The number of benzene rings is 3. The van der Waals surface area contributed by atoms with Crippen molar-refractivity contribution < 1.29 is 28.5 Å². The van der Waals surface area contributed by atoms with E-state index in [-0.39, 0.29) is 5.97 Å². The summed E-state index contributed by atoms with van der Waals surface area (Å²) in [6, 6.07) is 29.2. The van der Waals surface area contributed by atoms with E-state index in [2.05, 4.69) is 187 Å². The number of carbonyl (C=O) groups is 2. The summed E-state index contributed by atoms with van der Waals surface area (Å²) in [5, 5.41) is 0. The van der Waals surface area contributed by atoms with Crippen molar-refractivity contribution in [2.45, 2.75) is 67.9 Å². The second-order valence-electron chi connectivity index (χ2n) is 13.2. The summed E-state index contributed by atoms with van der Waals surface area (Å²) in [5.74, 6) is 9.72. The lowest BCUT2D eigenvalue weighted by molar-refractivity contribution is -0.136. The van der Waals surface area contributed by atoms with Crippen LogP contribution in [0.25, 0.3) is 30.4 Å². The van der Waals surface area contributed by atoms with Gasteiger partial charge in [-0.2, -0.15) is 0 Å². The first-order chi connectivity index (χ1) is 31.3. The van der Waals surface area contributed by atoms with Gasteiger partial charge < -0.3 is 18.9 Å². The summed E-state index contributed by atoms with van der Waals surface area (Å²) in [6.07, 6.45) is 22.6. The van der Waals surface area contributed by atoms with Crippen molar-refractivity contribution in [3.63, 3.8) is 0 Å². The van der Waals surface area contributed by atoms with Gasteiger partial charge in [0.2, 0.25) is 0 Å². The predicted octanol–water partition coefficient (Wildman–Crippen LogP) is 13.7. The number of aryl methyl sites for hydroxylation is 2. The molecule has 0 N–H and O–H groups in total. The van der Waals surface area contributed by atoms with Crippen LogP contribution < -0.4 is 0 Å². The van der Waals surface area contributed by atoms with Crippen molar-refractivity contribution >= 4 is 42.3 Å². The van der Waals surface area contributed by atoms with E-state index in [0.717, 1.165) is 12.7 Å². The molecule has 5 rings (SSSR count). The first-order valence-corrected chi connectivity index (χ1v) is 21.0. The Bertz CT molecular complexity index is 2030. The van der Waals surface area contributed by atoms with Crippen LogP contribution in [-0.2, 0) is 28.5 Å². The average Bonchev–Trinajstić information content (AvgIpc) is 4.19. The van der Waals surface area contributed by atoms with Gasteiger partial charge in [-0.1, -0.05) is 171 Å². The van der Waals surface area contributed by atoms with E-state index in [0.29, 0.717) is 18.3 Å². The predicted molar refractivity (Wildman–Crippen MR) is 280 cm³/mol. The summed E-state index contributed by atoms with van der Waals surface area (Å²) < 4.78 is 17.8. The van der Waals surface area contributed by atoms with E-state index in [1.807, 2.05) is 44.2 Å². The maximum absolute atomic E-state index is 10.2. The monoisotopic (exact) mass is 880 g/mol. The molecule has 0 amide bonds. The standard InChI is InChI=1S/C14H13N.C12H14.C9H10.C6H6.C5H8O2.C4H6O2.2C4H8O/c1-12-2-4-13(5-3-12)6-7-14-8-10-15-11-9-14;1-3-5-11-7-9-12(6-4-2)10-8-11;1-3-9-6-4-8(2)5-7-9;1-3-5-6-4-2;1-4(2)5(6)7-3;1-3-4(5)6-2;1-2-4-3-5-4;1-3-4-5-2/h2-11H,1H3;3-10H,1-2H3;3-7H,1H2,2H3;1-2H3;1H2,2-3H3;3H,1H2,2H3;4H,2-3H2,1H3;3H,1,4H2,2H3/b7-6+;5-3+,6-4+;;;;;;. The minimum Gasteiger partial charge on any atom is -0.466 e. The van der Waals surface area contributed by atoms with Crippen molar-refractivity contribution in [3.05, 3.63) is 192 Å². The molecule has 0 saturated carbocycles. The van der Waals surface area contributed by atoms with Crippen molar-refractivity contribution in [3.8, 4) is 23.7 Å². The molecule has 1 saturated heterocycles. The summed E-state index contributed by atoms with van der Waals surface area (Å²) in [4.78, 5) is 24.0. The fourth-order valence-corrected chi connectivity index (χ4v) is 3.95. The van der Waals surface area contributed by atoms with Gasteiger partial charge in [0.1, 0.15) is 0 Å². The minimum atomic E-state index is -0.394. The zero-order chi connectivity index (χ0) is 49.5. The highest BCUT2D eigenvalue weighted by Gasteiger charge is 2.18. The summed E-state index contributed by atoms with van der Waals surface area (Å²) >= 11 is 0. The van der Waals surface area contributed by atoms with Gasteiger partial charge in [0.05, 0.1) is 33.5 Å². The van der Waals surface area contributed by atoms with Gasteiger partial charge in [-0.05, 0) is 107 Å². The number of hydrogen-bond donors (Lipinski definition) is 0. The Morgan fingerprint density at radius 2 is 1.09 bits per heavy atom. The lowest BCUT2D eigenvalue weighted by atomic mass is 10.1. The van der Waals surface area contributed by atoms with Gasteiger partial charge in [-0.15, -0.1) is 6.58 Å². The summed E-state index contributed by atoms with van der Waals surface area (Å²) in [5.41, 5.74) is 9.10. The number of nitrogens with zero attached hydrogens (tertiary/aromatic N) is 1. The van der Waals surface area contributed by atoms with Gasteiger partial charge in [0.25, 0.3) is 0 Å². The Kier molecular flexibility index (Phi) is 43.1. The molecule has 0 spiro atoms. The SMILES string of the molecule is C/C=C/c1ccc(/C=C/C)cc1.C=C(C)C(=O)OC.C=CC(=O)OC.C=CCOC.C=Cc1ccc(C)cc1.CC#CC#CC.CCC1CO1.Cc1ccc(/C=C/c2ccncc2)cc1. The Balaban J connectivity index is -0.000000701. The Labute approximate surface area is 393 Å². The third-order valence-corrected chi connectivity index (χ3v) is 7.58. The molecule has 1 atom stereocenters. The van der Waals surface area contributed by atoms with Gasteiger partial charge >= 0.3 is 11.9 Å². The molecule has 1 unspecified atom stereocenters. The Hall–Kier alpha value is -7.03. The number of rotatable bonds is 10. The lowest BCUT2D eigenvalue weighted by Crippen LogP contribution is -1.98. The molecule has 0 bridgehead atoms. The molecule has 1 aliphatic heterocycles. The van der Waals surface area contributed by atoms with Crippen molar-refractivity contribution in [2.24, 2.45) is 0 Å².